The highest BCUT2D eigenvalue weighted by molar-refractivity contribution is 5.71. The molecule has 6 heteroatoms. The van der Waals surface area contributed by atoms with E-state index in [-0.39, 0.29) is 37.5 Å². The quantitative estimate of drug-likeness (QED) is 0.0199. The van der Waals surface area contributed by atoms with Gasteiger partial charge in [0, 0.05) is 19.3 Å². The van der Waals surface area contributed by atoms with E-state index in [4.69, 9.17) is 14.2 Å². The summed E-state index contributed by atoms with van der Waals surface area (Å²) in [6.45, 7) is 6.31. The Kier molecular flexibility index (Phi) is 51.0. The molecule has 0 aromatic carbocycles. The zero-order valence-electron chi connectivity index (χ0n) is 43.1. The van der Waals surface area contributed by atoms with Gasteiger partial charge in [0.05, 0.1) is 0 Å². The predicted octanol–water partition coefficient (Wildman–Crippen LogP) is 18.1. The van der Waals surface area contributed by atoms with Crippen molar-refractivity contribution in [2.75, 3.05) is 13.2 Å². The van der Waals surface area contributed by atoms with Gasteiger partial charge in [-0.1, -0.05) is 251 Å². The molecule has 0 aliphatic rings. The minimum atomic E-state index is -0.815. The summed E-state index contributed by atoms with van der Waals surface area (Å²) >= 11 is 0. The van der Waals surface area contributed by atoms with Crippen LogP contribution in [-0.4, -0.2) is 37.2 Å². The van der Waals surface area contributed by atoms with Gasteiger partial charge in [0.25, 0.3) is 0 Å². The van der Waals surface area contributed by atoms with Gasteiger partial charge in [-0.2, -0.15) is 0 Å². The fraction of sp³-hybridized carbons (Fsp3) is 0.623. The van der Waals surface area contributed by atoms with Crippen LogP contribution in [0, 0.1) is 0 Å². The van der Waals surface area contributed by atoms with Crippen LogP contribution in [0.4, 0.5) is 0 Å². The average Bonchev–Trinajstić information content (AvgIpc) is 3.33. The van der Waals surface area contributed by atoms with Gasteiger partial charge in [-0.25, -0.2) is 0 Å². The van der Waals surface area contributed by atoms with Crippen LogP contribution in [0.3, 0.4) is 0 Å². The number of unbranched alkanes of at least 4 members (excludes halogenated alkanes) is 21. The summed E-state index contributed by atoms with van der Waals surface area (Å²) in [6.07, 6.45) is 74.6. The number of rotatable bonds is 47. The second-order valence-corrected chi connectivity index (χ2v) is 17.5. The summed E-state index contributed by atoms with van der Waals surface area (Å²) in [4.78, 5) is 38.1. The van der Waals surface area contributed by atoms with Gasteiger partial charge in [0.15, 0.2) is 6.10 Å². The van der Waals surface area contributed by atoms with Crippen LogP contribution in [0.1, 0.15) is 226 Å². The van der Waals surface area contributed by atoms with Gasteiger partial charge in [0.1, 0.15) is 13.2 Å². The van der Waals surface area contributed by atoms with Crippen molar-refractivity contribution in [2.45, 2.75) is 232 Å². The number of hydrogen-bond acceptors (Lipinski definition) is 6. The molecule has 0 heterocycles. The molecule has 0 saturated heterocycles. The Labute approximate surface area is 412 Å². The van der Waals surface area contributed by atoms with Gasteiger partial charge in [-0.05, 0) is 77.0 Å². The summed E-state index contributed by atoms with van der Waals surface area (Å²) in [7, 11) is 0. The molecule has 0 radical (unpaired) electrons. The highest BCUT2D eigenvalue weighted by atomic mass is 16.6. The molecule has 0 amide bonds. The van der Waals surface area contributed by atoms with Crippen molar-refractivity contribution in [1.29, 1.82) is 0 Å². The molecule has 6 nitrogen and oxygen atoms in total. The fourth-order valence-electron chi connectivity index (χ4n) is 7.11. The molecule has 0 spiro atoms. The number of hydrogen-bond donors (Lipinski definition) is 0. The normalized spacial score (nSPS) is 13.1. The maximum absolute atomic E-state index is 12.8. The first-order valence-electron chi connectivity index (χ1n) is 27.1. The molecule has 0 bridgehead atoms. The molecule has 1 atom stereocenters. The van der Waals surface area contributed by atoms with E-state index in [2.05, 4.69) is 81.5 Å². The molecule has 1 unspecified atom stereocenters. The third-order valence-electron chi connectivity index (χ3n) is 11.1. The molecule has 378 valence electrons. The molecule has 0 fully saturated rings. The Morgan fingerprint density at radius 2 is 0.657 bits per heavy atom. The number of carbonyl (C=O) groups is 3. The zero-order valence-corrected chi connectivity index (χ0v) is 43.1. The van der Waals surface area contributed by atoms with Crippen molar-refractivity contribution in [1.82, 2.24) is 0 Å². The molecule has 0 aliphatic carbocycles. The summed E-state index contributed by atoms with van der Waals surface area (Å²) in [5.41, 5.74) is 0. The van der Waals surface area contributed by atoms with Crippen LogP contribution in [0.2, 0.25) is 0 Å². The topological polar surface area (TPSA) is 78.9 Å². The third kappa shape index (κ3) is 52.6. The average molecular weight is 927 g/mol. The molecule has 0 rings (SSSR count). The molecular formula is C61H98O6. The minimum Gasteiger partial charge on any atom is -0.462 e. The van der Waals surface area contributed by atoms with Crippen molar-refractivity contribution in [3.63, 3.8) is 0 Å². The Hall–Kier alpha value is -4.19. The van der Waals surface area contributed by atoms with Gasteiger partial charge in [0.2, 0.25) is 0 Å². The molecule has 0 aliphatic heterocycles. The van der Waals surface area contributed by atoms with Crippen molar-refractivity contribution < 1.29 is 28.6 Å². The zero-order chi connectivity index (χ0) is 48.6. The van der Waals surface area contributed by atoms with Crippen LogP contribution in [0.15, 0.2) is 122 Å². The monoisotopic (exact) mass is 927 g/mol. The summed E-state index contributed by atoms with van der Waals surface area (Å²) in [5, 5.41) is 0. The first kappa shape index (κ1) is 62.8. The summed E-state index contributed by atoms with van der Waals surface area (Å²) < 4.78 is 16.8. The molecular weight excluding hydrogens is 829 g/mol. The van der Waals surface area contributed by atoms with Crippen LogP contribution < -0.4 is 0 Å². The fourth-order valence-corrected chi connectivity index (χ4v) is 7.11. The predicted molar refractivity (Wildman–Crippen MR) is 288 cm³/mol. The Morgan fingerprint density at radius 3 is 1.09 bits per heavy atom. The largest absolute Gasteiger partial charge is 0.462 e. The smallest absolute Gasteiger partial charge is 0.306 e. The van der Waals surface area contributed by atoms with E-state index < -0.39 is 6.10 Å². The minimum absolute atomic E-state index is 0.107. The standard InChI is InChI=1S/C61H98O6/c1-4-7-10-13-16-19-22-25-28-31-34-36-39-42-45-48-51-54-60(63)66-57-58(67-61(64)55-52-49-46-43-40-37-33-30-27-24-21-18-15-12-9-6-3)56-65-59(62)53-50-47-44-41-38-35-32-29-26-23-20-17-14-11-8-5-2/h7,9-10,12-13,16,18-19,21-22,25,27-28,30-31,34,36-37,39-40,58H,4-6,8,11,14-15,17,20,23-24,26,29,32-33,35,38,41-57H2,1-3H3/b10-7-,12-9-,16-13-,21-18-,22-19-,28-25-,30-27-,34-31+,39-36-,40-37-. The lowest BCUT2D eigenvalue weighted by atomic mass is 10.0. The number of esters is 3. The van der Waals surface area contributed by atoms with E-state index >= 15 is 0 Å². The van der Waals surface area contributed by atoms with Crippen LogP contribution in [-0.2, 0) is 28.6 Å². The molecule has 0 aromatic heterocycles. The second-order valence-electron chi connectivity index (χ2n) is 17.5. The van der Waals surface area contributed by atoms with E-state index in [1.165, 1.54) is 83.5 Å². The van der Waals surface area contributed by atoms with Gasteiger partial charge in [-0.15, -0.1) is 0 Å². The lowest BCUT2D eigenvalue weighted by molar-refractivity contribution is -0.167. The number of ether oxygens (including phenoxy) is 3. The van der Waals surface area contributed by atoms with Crippen molar-refractivity contribution >= 4 is 17.9 Å². The van der Waals surface area contributed by atoms with Crippen LogP contribution >= 0.6 is 0 Å². The van der Waals surface area contributed by atoms with E-state index in [0.717, 1.165) is 96.3 Å². The summed E-state index contributed by atoms with van der Waals surface area (Å²) in [6, 6.07) is 0. The maximum atomic E-state index is 12.8. The number of allylic oxidation sites excluding steroid dienone is 20. The molecule has 67 heavy (non-hydrogen) atoms. The van der Waals surface area contributed by atoms with Crippen LogP contribution in [0.25, 0.3) is 0 Å². The third-order valence-corrected chi connectivity index (χ3v) is 11.1. The number of carbonyl (C=O) groups excluding carboxylic acids is 3. The van der Waals surface area contributed by atoms with Gasteiger partial charge >= 0.3 is 17.9 Å². The lowest BCUT2D eigenvalue weighted by Gasteiger charge is -2.18. The van der Waals surface area contributed by atoms with Crippen molar-refractivity contribution in [3.05, 3.63) is 122 Å². The van der Waals surface area contributed by atoms with Gasteiger partial charge < -0.3 is 14.2 Å². The second kappa shape index (κ2) is 54.4. The first-order valence-corrected chi connectivity index (χ1v) is 27.1. The highest BCUT2D eigenvalue weighted by Crippen LogP contribution is 2.15. The highest BCUT2D eigenvalue weighted by Gasteiger charge is 2.19. The SMILES string of the molecule is CC\C=C/C=C\C=C/C=C\C=C\C=C/CCCCCC(=O)OCC(COC(=O)CCCCCCCCCCCCCCCCCC)OC(=O)CCCCC/C=C\C/C=C\C/C=C\C/C=C\CC. The van der Waals surface area contributed by atoms with Crippen LogP contribution in [0.5, 0.6) is 0 Å². The first-order chi connectivity index (χ1) is 33.0. The van der Waals surface area contributed by atoms with E-state index in [1.807, 2.05) is 60.8 Å². The molecule has 0 N–H and O–H groups in total. The van der Waals surface area contributed by atoms with E-state index in [9.17, 15) is 14.4 Å². The Bertz CT molecular complexity index is 1440. The Morgan fingerprint density at radius 1 is 0.328 bits per heavy atom. The lowest BCUT2D eigenvalue weighted by Crippen LogP contribution is -2.30. The Balaban J connectivity index is 4.54. The van der Waals surface area contributed by atoms with E-state index in [0.29, 0.717) is 19.3 Å². The van der Waals surface area contributed by atoms with Crippen molar-refractivity contribution in [2.24, 2.45) is 0 Å². The molecule has 0 aromatic rings. The maximum Gasteiger partial charge on any atom is 0.306 e. The van der Waals surface area contributed by atoms with Gasteiger partial charge in [-0.3, -0.25) is 14.4 Å². The van der Waals surface area contributed by atoms with Crippen molar-refractivity contribution in [3.8, 4) is 0 Å². The molecule has 0 saturated carbocycles. The summed E-state index contributed by atoms with van der Waals surface area (Å²) in [5.74, 6) is -0.986. The van der Waals surface area contributed by atoms with E-state index in [1.54, 1.807) is 0 Å².